The Kier molecular flexibility index (Phi) is 8.82. The van der Waals surface area contributed by atoms with E-state index < -0.39 is 0 Å². The van der Waals surface area contributed by atoms with Gasteiger partial charge in [0.25, 0.3) is 0 Å². The summed E-state index contributed by atoms with van der Waals surface area (Å²) < 4.78 is 6.23. The van der Waals surface area contributed by atoms with Crippen LogP contribution in [-0.2, 0) is 0 Å². The van der Waals surface area contributed by atoms with Crippen LogP contribution in [0.1, 0.15) is 22.3 Å². The molecule has 0 unspecified atom stereocenters. The van der Waals surface area contributed by atoms with Gasteiger partial charge in [-0.25, -0.2) is 15.0 Å². The van der Waals surface area contributed by atoms with Crippen molar-refractivity contribution in [2.24, 2.45) is 0 Å². The van der Waals surface area contributed by atoms with Gasteiger partial charge in [-0.3, -0.25) is 0 Å². The zero-order valence-corrected chi connectivity index (χ0v) is 31.0. The number of benzene rings is 8. The second kappa shape index (κ2) is 14.9. The fourth-order valence-electron chi connectivity index (χ4n) is 7.61. The maximum absolute atomic E-state index is 6.23. The summed E-state index contributed by atoms with van der Waals surface area (Å²) in [4.78, 5) is 15.0. The van der Waals surface area contributed by atoms with E-state index in [0.717, 1.165) is 60.9 Å². The SMILES string of the molecule is c1ccc(C(=C(c2ccccc2)c2cccc(-c3ccc(-c4nc(-c5ccccc5)nc(-c5ccc6c(c5)oc5ccccc56)n4)cc3)c2)c2ccccc2)cc1. The van der Waals surface area contributed by atoms with Crippen molar-refractivity contribution in [3.63, 3.8) is 0 Å². The Bertz CT molecular complexity index is 2990. The molecular weight excluding hydrogens is 695 g/mol. The van der Waals surface area contributed by atoms with Crippen LogP contribution in [0.3, 0.4) is 0 Å². The number of nitrogens with zero attached hydrogens (tertiary/aromatic N) is 3. The third-order valence-corrected chi connectivity index (χ3v) is 10.4. The molecule has 0 saturated heterocycles. The van der Waals surface area contributed by atoms with Crippen molar-refractivity contribution in [2.45, 2.75) is 0 Å². The molecule has 0 N–H and O–H groups in total. The molecule has 10 rings (SSSR count). The van der Waals surface area contributed by atoms with Crippen molar-refractivity contribution >= 4 is 33.1 Å². The van der Waals surface area contributed by atoms with Crippen LogP contribution in [0.5, 0.6) is 0 Å². The van der Waals surface area contributed by atoms with E-state index in [9.17, 15) is 0 Å². The van der Waals surface area contributed by atoms with E-state index in [0.29, 0.717) is 17.5 Å². The minimum absolute atomic E-state index is 0.589. The quantitative estimate of drug-likeness (QED) is 0.146. The predicted molar refractivity (Wildman–Crippen MR) is 233 cm³/mol. The average molecular weight is 730 g/mol. The van der Waals surface area contributed by atoms with Crippen LogP contribution in [0.4, 0.5) is 0 Å². The van der Waals surface area contributed by atoms with E-state index in [2.05, 4.69) is 158 Å². The highest BCUT2D eigenvalue weighted by atomic mass is 16.3. The van der Waals surface area contributed by atoms with Gasteiger partial charge >= 0.3 is 0 Å². The maximum Gasteiger partial charge on any atom is 0.164 e. The molecule has 4 heteroatoms. The van der Waals surface area contributed by atoms with Crippen molar-refractivity contribution in [1.82, 2.24) is 15.0 Å². The van der Waals surface area contributed by atoms with Crippen LogP contribution in [0.15, 0.2) is 217 Å². The lowest BCUT2D eigenvalue weighted by atomic mass is 9.85. The van der Waals surface area contributed by atoms with Crippen LogP contribution < -0.4 is 0 Å². The van der Waals surface area contributed by atoms with E-state index >= 15 is 0 Å². The zero-order valence-electron chi connectivity index (χ0n) is 31.0. The molecule has 0 saturated carbocycles. The molecule has 0 aliphatic heterocycles. The van der Waals surface area contributed by atoms with Crippen LogP contribution in [0, 0.1) is 0 Å². The third-order valence-electron chi connectivity index (χ3n) is 10.4. The van der Waals surface area contributed by atoms with Gasteiger partial charge in [-0.2, -0.15) is 0 Å². The highest BCUT2D eigenvalue weighted by Crippen LogP contribution is 2.38. The number of aromatic nitrogens is 3. The largest absolute Gasteiger partial charge is 0.456 e. The van der Waals surface area contributed by atoms with Crippen molar-refractivity contribution in [1.29, 1.82) is 0 Å². The van der Waals surface area contributed by atoms with Gasteiger partial charge in [-0.05, 0) is 68.8 Å². The summed E-state index contributed by atoms with van der Waals surface area (Å²) in [7, 11) is 0. The molecule has 2 heterocycles. The first-order valence-corrected chi connectivity index (χ1v) is 19.1. The molecule has 0 aliphatic rings. The number of furan rings is 1. The van der Waals surface area contributed by atoms with Crippen LogP contribution in [0.2, 0.25) is 0 Å². The second-order valence-electron chi connectivity index (χ2n) is 14.0. The van der Waals surface area contributed by atoms with Gasteiger partial charge in [0.2, 0.25) is 0 Å². The summed E-state index contributed by atoms with van der Waals surface area (Å²) in [6.45, 7) is 0. The summed E-state index contributed by atoms with van der Waals surface area (Å²) in [6.07, 6.45) is 0. The van der Waals surface area contributed by atoms with E-state index in [1.165, 1.54) is 22.3 Å². The van der Waals surface area contributed by atoms with Crippen LogP contribution >= 0.6 is 0 Å². The van der Waals surface area contributed by atoms with Crippen molar-refractivity contribution in [3.8, 4) is 45.3 Å². The fourth-order valence-corrected chi connectivity index (χ4v) is 7.61. The smallest absolute Gasteiger partial charge is 0.164 e. The first-order chi connectivity index (χ1) is 28.2. The predicted octanol–water partition coefficient (Wildman–Crippen LogP) is 13.4. The number of rotatable bonds is 8. The molecule has 0 aliphatic carbocycles. The molecule has 10 aromatic rings. The molecule has 0 radical (unpaired) electrons. The van der Waals surface area contributed by atoms with E-state index in [4.69, 9.17) is 19.4 Å². The Morgan fingerprint density at radius 2 is 0.702 bits per heavy atom. The second-order valence-corrected chi connectivity index (χ2v) is 14.0. The normalized spacial score (nSPS) is 11.2. The highest BCUT2D eigenvalue weighted by molar-refractivity contribution is 6.06. The summed E-state index contributed by atoms with van der Waals surface area (Å²) in [5.41, 5.74) is 13.6. The summed E-state index contributed by atoms with van der Waals surface area (Å²) in [6, 6.07) is 73.7. The Hall–Kier alpha value is -7.69. The van der Waals surface area contributed by atoms with Gasteiger partial charge in [0, 0.05) is 27.5 Å². The first kappa shape index (κ1) is 33.8. The topological polar surface area (TPSA) is 51.8 Å². The lowest BCUT2D eigenvalue weighted by Crippen LogP contribution is -2.00. The molecule has 4 nitrogen and oxygen atoms in total. The minimum atomic E-state index is 0.589. The Morgan fingerprint density at radius 3 is 1.32 bits per heavy atom. The molecule has 0 bridgehead atoms. The van der Waals surface area contributed by atoms with E-state index in [1.807, 2.05) is 54.6 Å². The van der Waals surface area contributed by atoms with Gasteiger partial charge in [-0.1, -0.05) is 188 Å². The Morgan fingerprint density at radius 1 is 0.281 bits per heavy atom. The monoisotopic (exact) mass is 729 g/mol. The fraction of sp³-hybridized carbons (Fsp3) is 0. The zero-order chi connectivity index (χ0) is 38.0. The lowest BCUT2D eigenvalue weighted by molar-refractivity contribution is 0.669. The van der Waals surface area contributed by atoms with E-state index in [-0.39, 0.29) is 0 Å². The van der Waals surface area contributed by atoms with Gasteiger partial charge < -0.3 is 4.42 Å². The molecule has 57 heavy (non-hydrogen) atoms. The lowest BCUT2D eigenvalue weighted by Gasteiger charge is -2.19. The highest BCUT2D eigenvalue weighted by Gasteiger charge is 2.18. The number of fused-ring (bicyclic) bond motifs is 3. The first-order valence-electron chi connectivity index (χ1n) is 19.1. The van der Waals surface area contributed by atoms with Crippen molar-refractivity contribution < 1.29 is 4.42 Å². The van der Waals surface area contributed by atoms with E-state index in [1.54, 1.807) is 0 Å². The maximum atomic E-state index is 6.23. The van der Waals surface area contributed by atoms with Gasteiger partial charge in [0.15, 0.2) is 17.5 Å². The van der Waals surface area contributed by atoms with Gasteiger partial charge in [0.05, 0.1) is 0 Å². The summed E-state index contributed by atoms with van der Waals surface area (Å²) in [5.74, 6) is 1.81. The molecular formula is C53H35N3O. The molecule has 0 spiro atoms. The number of hydrogen-bond donors (Lipinski definition) is 0. The number of hydrogen-bond acceptors (Lipinski definition) is 4. The minimum Gasteiger partial charge on any atom is -0.456 e. The van der Waals surface area contributed by atoms with Crippen molar-refractivity contribution in [3.05, 3.63) is 235 Å². The average Bonchev–Trinajstić information content (AvgIpc) is 3.67. The van der Waals surface area contributed by atoms with Crippen molar-refractivity contribution in [2.75, 3.05) is 0 Å². The Labute approximate surface area is 331 Å². The van der Waals surface area contributed by atoms with Gasteiger partial charge in [0.1, 0.15) is 11.2 Å². The third kappa shape index (κ3) is 6.70. The molecule has 268 valence electrons. The molecule has 8 aromatic carbocycles. The van der Waals surface area contributed by atoms with Crippen LogP contribution in [0.25, 0.3) is 78.4 Å². The number of para-hydroxylation sites is 1. The van der Waals surface area contributed by atoms with Crippen LogP contribution in [-0.4, -0.2) is 15.0 Å². The Balaban J connectivity index is 1.06. The molecule has 0 fully saturated rings. The van der Waals surface area contributed by atoms with Gasteiger partial charge in [-0.15, -0.1) is 0 Å². The summed E-state index contributed by atoms with van der Waals surface area (Å²) >= 11 is 0. The molecule has 0 atom stereocenters. The molecule has 2 aromatic heterocycles. The summed E-state index contributed by atoms with van der Waals surface area (Å²) in [5, 5.41) is 2.15. The molecule has 0 amide bonds. The standard InChI is InChI=1S/C53H35N3O/c1-5-16-37(17-6-1)49(38-18-7-2-8-19-38)50(39-20-9-3-10-21-39)43-25-15-24-42(34-43)36-28-30-41(31-29-36)52-54-51(40-22-11-4-12-23-40)55-53(56-52)44-32-33-46-45-26-13-14-27-47(45)57-48(46)35-44/h1-35H.